The Kier molecular flexibility index (Phi) is 9.11. The standard InChI is InChI=1S/C24H28N6O2.HI/c1-25-24(30-13-11-29(12-14-30)22-9-2-3-10-26-22)28-17-19-6-4-7-20(16-19)23(31)27-18-21-8-5-15-32-21;/h2-10,15-16H,11-14,17-18H2,1H3,(H,25,28)(H,27,31);1H. The molecule has 0 atom stereocenters. The zero-order chi connectivity index (χ0) is 22.2. The number of aromatic nitrogens is 1. The highest BCUT2D eigenvalue weighted by Crippen LogP contribution is 2.13. The Bertz CT molecular complexity index is 1030. The fraction of sp³-hybridized carbons (Fsp3) is 0.292. The highest BCUT2D eigenvalue weighted by molar-refractivity contribution is 14.0. The number of anilines is 1. The lowest BCUT2D eigenvalue weighted by Crippen LogP contribution is -2.52. The monoisotopic (exact) mass is 560 g/mol. The van der Waals surface area contributed by atoms with E-state index in [4.69, 9.17) is 4.42 Å². The Morgan fingerprint density at radius 3 is 2.58 bits per heavy atom. The Labute approximate surface area is 211 Å². The molecule has 174 valence electrons. The van der Waals surface area contributed by atoms with Gasteiger partial charge in [0.1, 0.15) is 11.6 Å². The zero-order valence-electron chi connectivity index (χ0n) is 18.6. The molecule has 9 heteroatoms. The summed E-state index contributed by atoms with van der Waals surface area (Å²) in [6.45, 7) is 4.47. The Hall–Kier alpha value is -3.08. The van der Waals surface area contributed by atoms with Crippen molar-refractivity contribution in [2.45, 2.75) is 13.1 Å². The number of carbonyl (C=O) groups is 1. The number of halogens is 1. The van der Waals surface area contributed by atoms with E-state index in [-0.39, 0.29) is 29.9 Å². The van der Waals surface area contributed by atoms with Crippen molar-refractivity contribution in [3.05, 3.63) is 83.9 Å². The van der Waals surface area contributed by atoms with Crippen molar-refractivity contribution in [3.8, 4) is 0 Å². The van der Waals surface area contributed by atoms with Crippen molar-refractivity contribution in [2.75, 3.05) is 38.1 Å². The third kappa shape index (κ3) is 6.70. The molecule has 0 aliphatic carbocycles. The molecule has 8 nitrogen and oxygen atoms in total. The summed E-state index contributed by atoms with van der Waals surface area (Å²) >= 11 is 0. The van der Waals surface area contributed by atoms with Gasteiger partial charge in [0, 0.05) is 51.5 Å². The van der Waals surface area contributed by atoms with E-state index in [9.17, 15) is 4.79 Å². The van der Waals surface area contributed by atoms with E-state index >= 15 is 0 Å². The molecule has 2 aromatic heterocycles. The van der Waals surface area contributed by atoms with E-state index in [1.165, 1.54) is 0 Å². The summed E-state index contributed by atoms with van der Waals surface area (Å²) in [4.78, 5) is 25.9. The van der Waals surface area contributed by atoms with Gasteiger partial charge in [0.05, 0.1) is 12.8 Å². The largest absolute Gasteiger partial charge is 0.467 e. The summed E-state index contributed by atoms with van der Waals surface area (Å²) in [5, 5.41) is 6.30. The minimum absolute atomic E-state index is 0. The Balaban J connectivity index is 0.00000306. The number of aliphatic imine (C=N–C) groups is 1. The molecule has 1 fully saturated rings. The molecule has 33 heavy (non-hydrogen) atoms. The maximum atomic E-state index is 12.5. The van der Waals surface area contributed by atoms with Crippen molar-refractivity contribution in [2.24, 2.45) is 4.99 Å². The van der Waals surface area contributed by atoms with E-state index in [1.807, 2.05) is 54.7 Å². The number of hydrogen-bond acceptors (Lipinski definition) is 5. The molecule has 0 saturated carbocycles. The van der Waals surface area contributed by atoms with Crippen LogP contribution in [0.5, 0.6) is 0 Å². The molecule has 1 aliphatic heterocycles. The zero-order valence-corrected chi connectivity index (χ0v) is 20.9. The summed E-state index contributed by atoms with van der Waals surface area (Å²) in [6.07, 6.45) is 3.42. The molecule has 3 heterocycles. The van der Waals surface area contributed by atoms with Gasteiger partial charge in [-0.1, -0.05) is 18.2 Å². The van der Waals surface area contributed by atoms with E-state index < -0.39 is 0 Å². The van der Waals surface area contributed by atoms with Crippen LogP contribution in [0.4, 0.5) is 5.82 Å². The molecule has 1 aromatic carbocycles. The minimum atomic E-state index is -0.127. The molecular weight excluding hydrogens is 531 g/mol. The molecule has 4 rings (SSSR count). The van der Waals surface area contributed by atoms with Crippen molar-refractivity contribution in [3.63, 3.8) is 0 Å². The van der Waals surface area contributed by atoms with Crippen LogP contribution in [0.25, 0.3) is 0 Å². The number of nitrogens with one attached hydrogen (secondary N) is 2. The molecule has 0 radical (unpaired) electrons. The maximum Gasteiger partial charge on any atom is 0.251 e. The van der Waals surface area contributed by atoms with Gasteiger partial charge in [0.25, 0.3) is 5.91 Å². The molecule has 0 bridgehead atoms. The van der Waals surface area contributed by atoms with E-state index in [0.29, 0.717) is 18.7 Å². The van der Waals surface area contributed by atoms with Gasteiger partial charge in [0.2, 0.25) is 0 Å². The second kappa shape index (κ2) is 12.2. The summed E-state index contributed by atoms with van der Waals surface area (Å²) < 4.78 is 5.26. The molecular formula is C24H29IN6O2. The number of nitrogens with zero attached hydrogens (tertiary/aromatic N) is 4. The number of benzene rings is 1. The van der Waals surface area contributed by atoms with Gasteiger partial charge in [-0.3, -0.25) is 9.79 Å². The number of rotatable bonds is 6. The van der Waals surface area contributed by atoms with Gasteiger partial charge in [0.15, 0.2) is 5.96 Å². The van der Waals surface area contributed by atoms with Crippen LogP contribution in [0.1, 0.15) is 21.7 Å². The predicted octanol–water partition coefficient (Wildman–Crippen LogP) is 3.12. The summed E-state index contributed by atoms with van der Waals surface area (Å²) in [5.41, 5.74) is 1.64. The molecule has 0 unspecified atom stereocenters. The molecule has 0 spiro atoms. The average molecular weight is 560 g/mol. The predicted molar refractivity (Wildman–Crippen MR) is 140 cm³/mol. The highest BCUT2D eigenvalue weighted by atomic mass is 127. The molecule has 1 amide bonds. The van der Waals surface area contributed by atoms with Gasteiger partial charge in [-0.15, -0.1) is 24.0 Å². The number of amides is 1. The normalized spacial score (nSPS) is 13.9. The summed E-state index contributed by atoms with van der Waals surface area (Å²) in [5.74, 6) is 2.47. The van der Waals surface area contributed by atoms with Crippen LogP contribution in [-0.4, -0.2) is 55.0 Å². The van der Waals surface area contributed by atoms with Gasteiger partial charge in [-0.25, -0.2) is 4.98 Å². The fourth-order valence-electron chi connectivity index (χ4n) is 3.71. The first-order chi connectivity index (χ1) is 15.7. The quantitative estimate of drug-likeness (QED) is 0.274. The second-order valence-corrected chi connectivity index (χ2v) is 7.53. The molecule has 1 saturated heterocycles. The van der Waals surface area contributed by atoms with Crippen LogP contribution >= 0.6 is 24.0 Å². The number of furan rings is 1. The average Bonchev–Trinajstić information content (AvgIpc) is 3.38. The Morgan fingerprint density at radius 1 is 1.03 bits per heavy atom. The fourth-order valence-corrected chi connectivity index (χ4v) is 3.71. The third-order valence-electron chi connectivity index (χ3n) is 5.41. The third-order valence-corrected chi connectivity index (χ3v) is 5.41. The topological polar surface area (TPSA) is 86.0 Å². The van der Waals surface area contributed by atoms with Crippen molar-refractivity contribution in [1.29, 1.82) is 0 Å². The van der Waals surface area contributed by atoms with Gasteiger partial charge >= 0.3 is 0 Å². The summed E-state index contributed by atoms with van der Waals surface area (Å²) in [7, 11) is 1.80. The van der Waals surface area contributed by atoms with Gasteiger partial charge in [-0.05, 0) is 42.0 Å². The van der Waals surface area contributed by atoms with Crippen molar-refractivity contribution >= 4 is 41.7 Å². The molecule has 3 aromatic rings. The van der Waals surface area contributed by atoms with Crippen LogP contribution in [0.15, 0.2) is 76.5 Å². The first-order valence-electron chi connectivity index (χ1n) is 10.7. The summed E-state index contributed by atoms with van der Waals surface area (Å²) in [6, 6.07) is 17.2. The lowest BCUT2D eigenvalue weighted by atomic mass is 10.1. The number of piperazine rings is 1. The minimum Gasteiger partial charge on any atom is -0.467 e. The van der Waals surface area contributed by atoms with Crippen molar-refractivity contribution in [1.82, 2.24) is 20.5 Å². The SMILES string of the molecule is CN=C(NCc1cccc(C(=O)NCc2ccco2)c1)N1CCN(c2ccccn2)CC1.I. The van der Waals surface area contributed by atoms with E-state index in [0.717, 1.165) is 49.3 Å². The number of hydrogen-bond donors (Lipinski definition) is 2. The Morgan fingerprint density at radius 2 is 1.88 bits per heavy atom. The first kappa shape index (κ1) is 24.6. The van der Waals surface area contributed by atoms with E-state index in [1.54, 1.807) is 19.4 Å². The first-order valence-corrected chi connectivity index (χ1v) is 10.7. The van der Waals surface area contributed by atoms with Crippen LogP contribution in [0, 0.1) is 0 Å². The highest BCUT2D eigenvalue weighted by Gasteiger charge is 2.20. The number of carbonyl (C=O) groups excluding carboxylic acids is 1. The van der Waals surface area contributed by atoms with Crippen LogP contribution < -0.4 is 15.5 Å². The van der Waals surface area contributed by atoms with Crippen molar-refractivity contribution < 1.29 is 9.21 Å². The maximum absolute atomic E-state index is 12.5. The molecule has 1 aliphatic rings. The van der Waals surface area contributed by atoms with Crippen LogP contribution in [0.2, 0.25) is 0 Å². The van der Waals surface area contributed by atoms with Gasteiger partial charge in [-0.2, -0.15) is 0 Å². The van der Waals surface area contributed by atoms with Crippen LogP contribution in [0.3, 0.4) is 0 Å². The van der Waals surface area contributed by atoms with Crippen LogP contribution in [-0.2, 0) is 13.1 Å². The lowest BCUT2D eigenvalue weighted by molar-refractivity contribution is 0.0948. The molecule has 2 N–H and O–H groups in total. The van der Waals surface area contributed by atoms with E-state index in [2.05, 4.69) is 30.4 Å². The lowest BCUT2D eigenvalue weighted by Gasteiger charge is -2.37. The van der Waals surface area contributed by atoms with Gasteiger partial charge < -0.3 is 24.9 Å². The smallest absolute Gasteiger partial charge is 0.251 e. The second-order valence-electron chi connectivity index (χ2n) is 7.53. The number of pyridine rings is 1. The number of guanidine groups is 1.